The summed E-state index contributed by atoms with van der Waals surface area (Å²) in [4.78, 5) is 19.4. The highest BCUT2D eigenvalue weighted by atomic mass is 16.3. The van der Waals surface area contributed by atoms with Crippen molar-refractivity contribution in [2.24, 2.45) is 5.92 Å². The van der Waals surface area contributed by atoms with Crippen LogP contribution in [0.1, 0.15) is 64.2 Å². The van der Waals surface area contributed by atoms with E-state index in [2.05, 4.69) is 23.7 Å². The maximum atomic E-state index is 12.7. The third-order valence-corrected chi connectivity index (χ3v) is 5.21. The van der Waals surface area contributed by atoms with Gasteiger partial charge < -0.3 is 9.32 Å². The van der Waals surface area contributed by atoms with E-state index in [1.807, 2.05) is 24.3 Å². The largest absolute Gasteiger partial charge is 0.440 e. The standard InChI is InChI=1S/C20H28N2O2/c1-3-5-8-15(4-2)20(23)22-13-11-16(12-14-22)19-21-17-9-6-7-10-18(17)24-19/h6-7,9-10,15-16H,3-5,8,11-14H2,1-2H3/t15-/m0/s1. The third-order valence-electron chi connectivity index (χ3n) is 5.21. The van der Waals surface area contributed by atoms with Crippen molar-refractivity contribution in [3.05, 3.63) is 30.2 Å². The number of unbranched alkanes of at least 4 members (excludes halogenated alkanes) is 1. The van der Waals surface area contributed by atoms with Crippen LogP contribution in [0.3, 0.4) is 0 Å². The molecule has 2 aromatic rings. The summed E-state index contributed by atoms with van der Waals surface area (Å²) >= 11 is 0. The van der Waals surface area contributed by atoms with Crippen LogP contribution >= 0.6 is 0 Å². The van der Waals surface area contributed by atoms with Gasteiger partial charge in [0.15, 0.2) is 11.5 Å². The number of aromatic nitrogens is 1. The minimum atomic E-state index is 0.200. The summed E-state index contributed by atoms with van der Waals surface area (Å²) in [5, 5.41) is 0. The number of carbonyl (C=O) groups is 1. The Bertz CT molecular complexity index is 638. The highest BCUT2D eigenvalue weighted by Crippen LogP contribution is 2.31. The Kier molecular flexibility index (Phi) is 5.54. The van der Waals surface area contributed by atoms with Crippen LogP contribution in [0.5, 0.6) is 0 Å². The lowest BCUT2D eigenvalue weighted by Gasteiger charge is -2.33. The van der Waals surface area contributed by atoms with E-state index in [4.69, 9.17) is 4.42 Å². The summed E-state index contributed by atoms with van der Waals surface area (Å²) in [6, 6.07) is 7.90. The SMILES string of the molecule is CCCC[C@H](CC)C(=O)N1CCC(c2nc3ccccc3o2)CC1. The average molecular weight is 328 g/mol. The second-order valence-corrected chi connectivity index (χ2v) is 6.87. The van der Waals surface area contributed by atoms with Crippen LogP contribution in [-0.4, -0.2) is 28.9 Å². The Hall–Kier alpha value is -1.84. The van der Waals surface area contributed by atoms with Crippen molar-refractivity contribution in [1.82, 2.24) is 9.88 Å². The first-order chi connectivity index (χ1) is 11.7. The summed E-state index contributed by atoms with van der Waals surface area (Å²) in [6.45, 7) is 5.96. The first kappa shape index (κ1) is 17.0. The van der Waals surface area contributed by atoms with E-state index in [9.17, 15) is 4.79 Å². The lowest BCUT2D eigenvalue weighted by Crippen LogP contribution is -2.41. The van der Waals surface area contributed by atoms with E-state index >= 15 is 0 Å². The molecule has 130 valence electrons. The molecule has 0 N–H and O–H groups in total. The zero-order valence-electron chi connectivity index (χ0n) is 14.8. The van der Waals surface area contributed by atoms with Crippen LogP contribution < -0.4 is 0 Å². The van der Waals surface area contributed by atoms with E-state index in [1.165, 1.54) is 0 Å². The van der Waals surface area contributed by atoms with Crippen molar-refractivity contribution < 1.29 is 9.21 Å². The molecule has 1 aliphatic heterocycles. The molecule has 3 rings (SSSR count). The number of benzene rings is 1. The van der Waals surface area contributed by atoms with E-state index < -0.39 is 0 Å². The van der Waals surface area contributed by atoms with Crippen LogP contribution in [0.4, 0.5) is 0 Å². The quantitative estimate of drug-likeness (QED) is 0.768. The molecule has 4 heteroatoms. The van der Waals surface area contributed by atoms with E-state index in [-0.39, 0.29) is 5.92 Å². The molecule has 0 unspecified atom stereocenters. The highest BCUT2D eigenvalue weighted by Gasteiger charge is 2.29. The Balaban J connectivity index is 1.59. The van der Waals surface area contributed by atoms with Gasteiger partial charge in [0.1, 0.15) is 5.52 Å². The molecular weight excluding hydrogens is 300 g/mol. The van der Waals surface area contributed by atoms with Gasteiger partial charge in [-0.25, -0.2) is 4.98 Å². The molecule has 24 heavy (non-hydrogen) atoms. The molecule has 1 aromatic carbocycles. The molecule has 1 fully saturated rings. The van der Waals surface area contributed by atoms with Crippen LogP contribution in [0.25, 0.3) is 11.1 Å². The molecule has 0 saturated carbocycles. The van der Waals surface area contributed by atoms with Gasteiger partial charge in [-0.05, 0) is 37.8 Å². The van der Waals surface area contributed by atoms with Crippen LogP contribution in [0.2, 0.25) is 0 Å². The number of piperidine rings is 1. The van der Waals surface area contributed by atoms with E-state index in [0.717, 1.165) is 68.6 Å². The zero-order valence-corrected chi connectivity index (χ0v) is 14.8. The zero-order chi connectivity index (χ0) is 16.9. The Labute approximate surface area is 144 Å². The second-order valence-electron chi connectivity index (χ2n) is 6.87. The number of hydrogen-bond donors (Lipinski definition) is 0. The van der Waals surface area contributed by atoms with Gasteiger partial charge in [0, 0.05) is 24.9 Å². The predicted octanol–water partition coefficient (Wildman–Crippen LogP) is 4.75. The smallest absolute Gasteiger partial charge is 0.225 e. The fourth-order valence-electron chi connectivity index (χ4n) is 3.62. The van der Waals surface area contributed by atoms with Gasteiger partial charge >= 0.3 is 0 Å². The van der Waals surface area contributed by atoms with Gasteiger partial charge in [-0.3, -0.25) is 4.79 Å². The van der Waals surface area contributed by atoms with Crippen molar-refractivity contribution >= 4 is 17.0 Å². The molecule has 1 saturated heterocycles. The number of hydrogen-bond acceptors (Lipinski definition) is 3. The van der Waals surface area contributed by atoms with Crippen molar-refractivity contribution in [2.75, 3.05) is 13.1 Å². The molecule has 2 heterocycles. The third kappa shape index (κ3) is 3.63. The minimum Gasteiger partial charge on any atom is -0.440 e. The lowest BCUT2D eigenvalue weighted by molar-refractivity contribution is -0.137. The van der Waals surface area contributed by atoms with Gasteiger partial charge in [-0.1, -0.05) is 38.8 Å². The van der Waals surface area contributed by atoms with Gasteiger partial charge in [0.25, 0.3) is 0 Å². The summed E-state index contributed by atoms with van der Waals surface area (Å²) in [5.74, 6) is 1.71. The fourth-order valence-corrected chi connectivity index (χ4v) is 3.62. The molecule has 0 aliphatic carbocycles. The Morgan fingerprint density at radius 1 is 1.29 bits per heavy atom. The summed E-state index contributed by atoms with van der Waals surface area (Å²) in [5.41, 5.74) is 1.79. The Morgan fingerprint density at radius 3 is 2.71 bits per heavy atom. The molecule has 0 spiro atoms. The van der Waals surface area contributed by atoms with Gasteiger partial charge in [0.2, 0.25) is 5.91 Å². The lowest BCUT2D eigenvalue weighted by atomic mass is 9.93. The molecule has 0 radical (unpaired) electrons. The van der Waals surface area contributed by atoms with Crippen molar-refractivity contribution in [1.29, 1.82) is 0 Å². The molecular formula is C20H28N2O2. The number of fused-ring (bicyclic) bond motifs is 1. The van der Waals surface area contributed by atoms with E-state index in [0.29, 0.717) is 11.8 Å². The number of amides is 1. The molecule has 4 nitrogen and oxygen atoms in total. The highest BCUT2D eigenvalue weighted by molar-refractivity contribution is 5.79. The monoisotopic (exact) mass is 328 g/mol. The first-order valence-electron chi connectivity index (χ1n) is 9.37. The maximum absolute atomic E-state index is 12.7. The molecule has 1 atom stereocenters. The summed E-state index contributed by atoms with van der Waals surface area (Å²) in [7, 11) is 0. The second kappa shape index (κ2) is 7.82. The van der Waals surface area contributed by atoms with Gasteiger partial charge in [0.05, 0.1) is 0 Å². The minimum absolute atomic E-state index is 0.200. The maximum Gasteiger partial charge on any atom is 0.225 e. The summed E-state index contributed by atoms with van der Waals surface area (Å²) < 4.78 is 5.91. The van der Waals surface area contributed by atoms with Crippen molar-refractivity contribution in [3.63, 3.8) is 0 Å². The number of nitrogens with zero attached hydrogens (tertiary/aromatic N) is 2. The number of likely N-dealkylation sites (tertiary alicyclic amines) is 1. The van der Waals surface area contributed by atoms with Crippen LogP contribution in [-0.2, 0) is 4.79 Å². The normalized spacial score (nSPS) is 17.3. The van der Waals surface area contributed by atoms with Crippen molar-refractivity contribution in [2.45, 2.75) is 58.3 Å². The molecule has 0 bridgehead atoms. The van der Waals surface area contributed by atoms with Crippen LogP contribution in [0.15, 0.2) is 28.7 Å². The average Bonchev–Trinajstić information content (AvgIpc) is 3.06. The molecule has 1 aromatic heterocycles. The first-order valence-corrected chi connectivity index (χ1v) is 9.37. The topological polar surface area (TPSA) is 46.3 Å². The molecule has 1 amide bonds. The van der Waals surface area contributed by atoms with Gasteiger partial charge in [-0.15, -0.1) is 0 Å². The Morgan fingerprint density at radius 2 is 2.04 bits per heavy atom. The number of para-hydroxylation sites is 2. The van der Waals surface area contributed by atoms with E-state index in [1.54, 1.807) is 0 Å². The fraction of sp³-hybridized carbons (Fsp3) is 0.600. The van der Waals surface area contributed by atoms with Crippen LogP contribution in [0, 0.1) is 5.92 Å². The molecule has 1 aliphatic rings. The predicted molar refractivity (Wildman–Crippen MR) is 95.9 cm³/mol. The number of oxazole rings is 1. The number of rotatable bonds is 6. The van der Waals surface area contributed by atoms with Gasteiger partial charge in [-0.2, -0.15) is 0 Å². The number of carbonyl (C=O) groups excluding carboxylic acids is 1. The van der Waals surface area contributed by atoms with Crippen molar-refractivity contribution in [3.8, 4) is 0 Å². The summed E-state index contributed by atoms with van der Waals surface area (Å²) in [6.07, 6.45) is 6.17.